The molecule has 6 nitrogen and oxygen atoms in total. The van der Waals surface area contributed by atoms with Gasteiger partial charge in [-0.1, -0.05) is 12.1 Å². The lowest BCUT2D eigenvalue weighted by atomic mass is 10.2. The first-order valence-electron chi connectivity index (χ1n) is 7.36. The third-order valence-electron chi connectivity index (χ3n) is 3.84. The minimum Gasteiger partial charge on any atom is -0.372 e. The van der Waals surface area contributed by atoms with Crippen LogP contribution in [0, 0.1) is 0 Å². The first kappa shape index (κ1) is 14.0. The van der Waals surface area contributed by atoms with Gasteiger partial charge in [-0.2, -0.15) is 0 Å². The van der Waals surface area contributed by atoms with Gasteiger partial charge in [0.2, 0.25) is 5.91 Å². The van der Waals surface area contributed by atoms with Crippen molar-refractivity contribution in [2.24, 2.45) is 0 Å². The molecule has 2 amide bonds. The standard InChI is InChI=1S/C15H19N3O3/c19-14-10-18(13-6-2-1-5-12(13)17-14)15(20)9-16-8-11-4-3-7-21-11/h1-2,5-6,11,16H,3-4,7-10H2,(H,17,19)/p+1/t11-/m1/s1. The van der Waals surface area contributed by atoms with Gasteiger partial charge in [0.15, 0.2) is 6.54 Å². The van der Waals surface area contributed by atoms with E-state index in [1.54, 1.807) is 4.90 Å². The van der Waals surface area contributed by atoms with Crippen molar-refractivity contribution < 1.29 is 19.6 Å². The van der Waals surface area contributed by atoms with Crippen LogP contribution in [0.15, 0.2) is 24.3 Å². The van der Waals surface area contributed by atoms with Crippen molar-refractivity contribution in [1.82, 2.24) is 0 Å². The fraction of sp³-hybridized carbons (Fsp3) is 0.467. The number of hydrogen-bond donors (Lipinski definition) is 2. The molecule has 2 aliphatic rings. The predicted octanol–water partition coefficient (Wildman–Crippen LogP) is -0.286. The van der Waals surface area contributed by atoms with E-state index in [2.05, 4.69) is 5.32 Å². The van der Waals surface area contributed by atoms with Crippen LogP contribution < -0.4 is 15.5 Å². The number of hydrogen-bond acceptors (Lipinski definition) is 3. The van der Waals surface area contributed by atoms with E-state index in [9.17, 15) is 9.59 Å². The zero-order valence-corrected chi connectivity index (χ0v) is 11.9. The summed E-state index contributed by atoms with van der Waals surface area (Å²) in [4.78, 5) is 25.6. The van der Waals surface area contributed by atoms with E-state index >= 15 is 0 Å². The van der Waals surface area contributed by atoms with Crippen LogP contribution in [-0.4, -0.2) is 44.2 Å². The molecular weight excluding hydrogens is 270 g/mol. The first-order chi connectivity index (χ1) is 10.2. The van der Waals surface area contributed by atoms with E-state index in [0.717, 1.165) is 31.7 Å². The number of rotatable bonds is 4. The van der Waals surface area contributed by atoms with Gasteiger partial charge in [0.05, 0.1) is 11.4 Å². The lowest BCUT2D eigenvalue weighted by Crippen LogP contribution is -2.88. The van der Waals surface area contributed by atoms with Crippen molar-refractivity contribution in [2.45, 2.75) is 18.9 Å². The summed E-state index contributed by atoms with van der Waals surface area (Å²) in [6.45, 7) is 2.05. The normalized spacial score (nSPS) is 21.0. The van der Waals surface area contributed by atoms with E-state index in [1.165, 1.54) is 0 Å². The zero-order chi connectivity index (χ0) is 14.7. The SMILES string of the molecule is O=C1CN(C(=O)C[NH2+]C[C@H]2CCCO2)c2ccccc2N1. The highest BCUT2D eigenvalue weighted by Crippen LogP contribution is 2.28. The fourth-order valence-electron chi connectivity index (χ4n) is 2.79. The molecule has 0 spiro atoms. The average Bonchev–Trinajstić information content (AvgIpc) is 2.99. The molecule has 1 saturated heterocycles. The van der Waals surface area contributed by atoms with Crippen LogP contribution in [0.25, 0.3) is 0 Å². The fourth-order valence-corrected chi connectivity index (χ4v) is 2.79. The van der Waals surface area contributed by atoms with Crippen LogP contribution in [0.4, 0.5) is 11.4 Å². The van der Waals surface area contributed by atoms with Gasteiger partial charge >= 0.3 is 0 Å². The van der Waals surface area contributed by atoms with E-state index in [4.69, 9.17) is 4.74 Å². The summed E-state index contributed by atoms with van der Waals surface area (Å²) in [5.74, 6) is -0.198. The molecular formula is C15H20N3O3+. The lowest BCUT2D eigenvalue weighted by Gasteiger charge is -2.28. The number of para-hydroxylation sites is 2. The van der Waals surface area contributed by atoms with Crippen LogP contribution in [0.2, 0.25) is 0 Å². The summed E-state index contributed by atoms with van der Waals surface area (Å²) in [6, 6.07) is 7.37. The maximum atomic E-state index is 12.4. The monoisotopic (exact) mass is 290 g/mol. The van der Waals surface area contributed by atoms with E-state index in [1.807, 2.05) is 29.6 Å². The van der Waals surface area contributed by atoms with Gasteiger partial charge in [-0.25, -0.2) is 0 Å². The number of nitrogens with zero attached hydrogens (tertiary/aromatic N) is 1. The Labute approximate surface area is 123 Å². The highest BCUT2D eigenvalue weighted by molar-refractivity contribution is 6.10. The second-order valence-corrected chi connectivity index (χ2v) is 5.41. The van der Waals surface area contributed by atoms with Crippen LogP contribution >= 0.6 is 0 Å². The number of quaternary nitrogens is 1. The Morgan fingerprint density at radius 2 is 2.29 bits per heavy atom. The second-order valence-electron chi connectivity index (χ2n) is 5.41. The molecule has 0 radical (unpaired) electrons. The van der Waals surface area contributed by atoms with Crippen molar-refractivity contribution in [1.29, 1.82) is 0 Å². The smallest absolute Gasteiger partial charge is 0.282 e. The molecule has 6 heteroatoms. The number of carbonyl (C=O) groups is 2. The quantitative estimate of drug-likeness (QED) is 0.800. The number of anilines is 2. The molecule has 2 heterocycles. The average molecular weight is 290 g/mol. The van der Waals surface area contributed by atoms with Gasteiger partial charge in [-0.3, -0.25) is 14.5 Å². The van der Waals surface area contributed by atoms with Crippen molar-refractivity contribution in [3.05, 3.63) is 24.3 Å². The van der Waals surface area contributed by atoms with Crippen molar-refractivity contribution in [3.63, 3.8) is 0 Å². The molecule has 1 atom stereocenters. The molecule has 0 saturated carbocycles. The number of ether oxygens (including phenoxy) is 1. The Morgan fingerprint density at radius 1 is 1.43 bits per heavy atom. The minimum absolute atomic E-state index is 0.0460. The maximum Gasteiger partial charge on any atom is 0.282 e. The van der Waals surface area contributed by atoms with Gasteiger partial charge in [0.25, 0.3) is 5.91 Å². The molecule has 2 aliphatic heterocycles. The summed E-state index contributed by atoms with van der Waals surface area (Å²) in [5.41, 5.74) is 1.47. The summed E-state index contributed by atoms with van der Waals surface area (Å²) in [6.07, 6.45) is 2.43. The van der Waals surface area contributed by atoms with E-state index in [-0.39, 0.29) is 24.5 Å². The summed E-state index contributed by atoms with van der Waals surface area (Å²) < 4.78 is 5.53. The number of carbonyl (C=O) groups excluding carboxylic acids is 2. The van der Waals surface area contributed by atoms with Crippen LogP contribution in [0.5, 0.6) is 0 Å². The molecule has 112 valence electrons. The van der Waals surface area contributed by atoms with Crippen LogP contribution in [0.3, 0.4) is 0 Å². The Morgan fingerprint density at radius 3 is 3.10 bits per heavy atom. The van der Waals surface area contributed by atoms with E-state index in [0.29, 0.717) is 12.2 Å². The molecule has 1 fully saturated rings. The molecule has 0 aromatic heterocycles. The number of nitrogens with two attached hydrogens (primary N) is 1. The topological polar surface area (TPSA) is 75.2 Å². The molecule has 0 aliphatic carbocycles. The first-order valence-corrected chi connectivity index (χ1v) is 7.36. The minimum atomic E-state index is -0.152. The van der Waals surface area contributed by atoms with Gasteiger partial charge < -0.3 is 15.4 Å². The Bertz CT molecular complexity index is 541. The summed E-state index contributed by atoms with van der Waals surface area (Å²) in [7, 11) is 0. The van der Waals surface area contributed by atoms with Gasteiger partial charge in [0.1, 0.15) is 19.2 Å². The van der Waals surface area contributed by atoms with Gasteiger partial charge in [-0.05, 0) is 25.0 Å². The predicted molar refractivity (Wildman–Crippen MR) is 78.1 cm³/mol. The Kier molecular flexibility index (Phi) is 4.17. The summed E-state index contributed by atoms with van der Waals surface area (Å²) >= 11 is 0. The third-order valence-corrected chi connectivity index (χ3v) is 3.84. The zero-order valence-electron chi connectivity index (χ0n) is 11.9. The lowest BCUT2D eigenvalue weighted by molar-refractivity contribution is -0.649. The highest BCUT2D eigenvalue weighted by atomic mass is 16.5. The van der Waals surface area contributed by atoms with Crippen molar-refractivity contribution >= 4 is 23.2 Å². The summed E-state index contributed by atoms with van der Waals surface area (Å²) in [5, 5.41) is 4.75. The third kappa shape index (κ3) is 3.22. The Hall–Kier alpha value is -1.92. The van der Waals surface area contributed by atoms with Gasteiger partial charge in [-0.15, -0.1) is 0 Å². The number of nitrogens with one attached hydrogen (secondary N) is 1. The second kappa shape index (κ2) is 6.24. The number of amides is 2. The van der Waals surface area contributed by atoms with Gasteiger partial charge in [0, 0.05) is 6.61 Å². The van der Waals surface area contributed by atoms with Crippen molar-refractivity contribution in [2.75, 3.05) is 36.5 Å². The molecule has 3 N–H and O–H groups in total. The maximum absolute atomic E-state index is 12.4. The molecule has 0 unspecified atom stereocenters. The van der Waals surface area contributed by atoms with Crippen LogP contribution in [0.1, 0.15) is 12.8 Å². The van der Waals surface area contributed by atoms with Crippen molar-refractivity contribution in [3.8, 4) is 0 Å². The number of fused-ring (bicyclic) bond motifs is 1. The Balaban J connectivity index is 1.60. The molecule has 0 bridgehead atoms. The molecule has 3 rings (SSSR count). The molecule has 1 aromatic carbocycles. The van der Waals surface area contributed by atoms with E-state index < -0.39 is 0 Å². The van der Waals surface area contributed by atoms with Crippen LogP contribution in [-0.2, 0) is 14.3 Å². The number of benzene rings is 1. The largest absolute Gasteiger partial charge is 0.372 e. The molecule has 1 aromatic rings. The molecule has 21 heavy (non-hydrogen) atoms. The highest BCUT2D eigenvalue weighted by Gasteiger charge is 2.27.